The van der Waals surface area contributed by atoms with Crippen LogP contribution in [0.5, 0.6) is 0 Å². The molecule has 2 aliphatic rings. The van der Waals surface area contributed by atoms with Gasteiger partial charge < -0.3 is 15.5 Å². The second-order valence-corrected chi connectivity index (χ2v) is 6.11. The Labute approximate surface area is 110 Å². The summed E-state index contributed by atoms with van der Waals surface area (Å²) < 4.78 is 0. The highest BCUT2D eigenvalue weighted by atomic mass is 15.3. The Bertz CT molecular complexity index is 437. The summed E-state index contributed by atoms with van der Waals surface area (Å²) in [5, 5.41) is 0. The minimum atomic E-state index is -0.0387. The maximum atomic E-state index is 6.49. The minimum absolute atomic E-state index is 0.0387. The van der Waals surface area contributed by atoms with Crippen LogP contribution in [0.3, 0.4) is 0 Å². The van der Waals surface area contributed by atoms with Gasteiger partial charge in [0.05, 0.1) is 11.4 Å². The molecule has 1 aromatic carbocycles. The van der Waals surface area contributed by atoms with E-state index in [1.54, 1.807) is 0 Å². The molecule has 0 saturated heterocycles. The van der Waals surface area contributed by atoms with Gasteiger partial charge in [-0.05, 0) is 37.8 Å². The van der Waals surface area contributed by atoms with Crippen molar-refractivity contribution in [2.24, 2.45) is 11.7 Å². The van der Waals surface area contributed by atoms with E-state index in [4.69, 9.17) is 5.73 Å². The van der Waals surface area contributed by atoms with Crippen molar-refractivity contribution in [1.82, 2.24) is 0 Å². The van der Waals surface area contributed by atoms with Crippen LogP contribution in [0.15, 0.2) is 24.3 Å². The van der Waals surface area contributed by atoms with Crippen LogP contribution in [0.1, 0.15) is 19.8 Å². The number of hydrogen-bond donors (Lipinski definition) is 1. The first-order chi connectivity index (χ1) is 8.58. The number of para-hydroxylation sites is 2. The van der Waals surface area contributed by atoms with E-state index in [0.29, 0.717) is 0 Å². The molecule has 1 aliphatic carbocycles. The summed E-state index contributed by atoms with van der Waals surface area (Å²) >= 11 is 0. The summed E-state index contributed by atoms with van der Waals surface area (Å²) in [7, 11) is 2.17. The molecule has 1 unspecified atom stereocenters. The highest BCUT2D eigenvalue weighted by Crippen LogP contribution is 2.40. The molecule has 1 fully saturated rings. The van der Waals surface area contributed by atoms with Gasteiger partial charge in [0.15, 0.2) is 0 Å². The number of hydrogen-bond acceptors (Lipinski definition) is 3. The Kier molecular flexibility index (Phi) is 2.74. The second kappa shape index (κ2) is 4.16. The molecule has 0 radical (unpaired) electrons. The van der Waals surface area contributed by atoms with Gasteiger partial charge in [-0.25, -0.2) is 0 Å². The van der Waals surface area contributed by atoms with Crippen molar-refractivity contribution in [3.05, 3.63) is 24.3 Å². The van der Waals surface area contributed by atoms with E-state index < -0.39 is 0 Å². The van der Waals surface area contributed by atoms with E-state index in [2.05, 4.69) is 48.0 Å². The molecule has 3 nitrogen and oxygen atoms in total. The molecule has 1 atom stereocenters. The van der Waals surface area contributed by atoms with Crippen molar-refractivity contribution in [3.63, 3.8) is 0 Å². The van der Waals surface area contributed by atoms with Crippen LogP contribution in [-0.2, 0) is 0 Å². The van der Waals surface area contributed by atoms with Gasteiger partial charge in [-0.2, -0.15) is 0 Å². The van der Waals surface area contributed by atoms with E-state index in [1.165, 1.54) is 24.2 Å². The lowest BCUT2D eigenvalue weighted by Gasteiger charge is -2.41. The van der Waals surface area contributed by atoms with Gasteiger partial charge in [0.25, 0.3) is 0 Å². The average molecular weight is 245 g/mol. The maximum Gasteiger partial charge on any atom is 0.0605 e. The van der Waals surface area contributed by atoms with Crippen LogP contribution in [0.4, 0.5) is 11.4 Å². The number of nitrogens with zero attached hydrogens (tertiary/aromatic N) is 2. The summed E-state index contributed by atoms with van der Waals surface area (Å²) in [6.45, 7) is 5.35. The molecule has 3 rings (SSSR count). The monoisotopic (exact) mass is 245 g/mol. The third kappa shape index (κ3) is 2.07. The van der Waals surface area contributed by atoms with Crippen molar-refractivity contribution in [2.75, 3.05) is 36.5 Å². The summed E-state index contributed by atoms with van der Waals surface area (Å²) in [5.41, 5.74) is 9.12. The molecular formula is C15H23N3. The van der Waals surface area contributed by atoms with Crippen LogP contribution in [0.25, 0.3) is 0 Å². The first-order valence-corrected chi connectivity index (χ1v) is 6.92. The molecule has 3 heteroatoms. The molecule has 1 saturated carbocycles. The van der Waals surface area contributed by atoms with E-state index in [9.17, 15) is 0 Å². The molecule has 1 aromatic rings. The second-order valence-electron chi connectivity index (χ2n) is 6.11. The molecule has 0 spiro atoms. The molecule has 98 valence electrons. The lowest BCUT2D eigenvalue weighted by Crippen LogP contribution is -2.52. The maximum absolute atomic E-state index is 6.49. The largest absolute Gasteiger partial charge is 0.371 e. The van der Waals surface area contributed by atoms with Gasteiger partial charge in [-0.1, -0.05) is 12.1 Å². The zero-order chi connectivity index (χ0) is 12.8. The first-order valence-electron chi connectivity index (χ1n) is 6.92. The topological polar surface area (TPSA) is 32.5 Å². The van der Waals surface area contributed by atoms with Crippen LogP contribution in [-0.4, -0.2) is 32.2 Å². The summed E-state index contributed by atoms with van der Waals surface area (Å²) in [6, 6.07) is 8.65. The van der Waals surface area contributed by atoms with Crippen molar-refractivity contribution in [3.8, 4) is 0 Å². The lowest BCUT2D eigenvalue weighted by atomic mass is 9.95. The normalized spacial score (nSPS) is 22.6. The molecule has 1 heterocycles. The Hall–Kier alpha value is -1.22. The first kappa shape index (κ1) is 11.8. The summed E-state index contributed by atoms with van der Waals surface area (Å²) in [5.74, 6) is 0.726. The Morgan fingerprint density at radius 3 is 2.56 bits per heavy atom. The number of fused-ring (bicyclic) bond motifs is 1. The fourth-order valence-corrected chi connectivity index (χ4v) is 3.01. The molecule has 18 heavy (non-hydrogen) atoms. The van der Waals surface area contributed by atoms with Gasteiger partial charge in [0.1, 0.15) is 0 Å². The molecular weight excluding hydrogens is 222 g/mol. The molecule has 2 N–H and O–H groups in total. The number of nitrogens with two attached hydrogens (primary N) is 1. The smallest absolute Gasteiger partial charge is 0.0605 e. The summed E-state index contributed by atoms with van der Waals surface area (Å²) in [4.78, 5) is 4.80. The predicted molar refractivity (Wildman–Crippen MR) is 77.2 cm³/mol. The fourth-order valence-electron chi connectivity index (χ4n) is 3.01. The van der Waals surface area contributed by atoms with Gasteiger partial charge in [0, 0.05) is 32.2 Å². The lowest BCUT2D eigenvalue weighted by molar-refractivity contribution is 0.404. The van der Waals surface area contributed by atoms with Crippen LogP contribution in [0.2, 0.25) is 0 Å². The van der Waals surface area contributed by atoms with Crippen molar-refractivity contribution < 1.29 is 0 Å². The van der Waals surface area contributed by atoms with E-state index in [0.717, 1.165) is 25.6 Å². The third-order valence-electron chi connectivity index (χ3n) is 4.38. The third-order valence-corrected chi connectivity index (χ3v) is 4.38. The minimum Gasteiger partial charge on any atom is -0.371 e. The molecule has 0 aromatic heterocycles. The van der Waals surface area contributed by atoms with Crippen LogP contribution < -0.4 is 15.5 Å². The van der Waals surface area contributed by atoms with E-state index >= 15 is 0 Å². The summed E-state index contributed by atoms with van der Waals surface area (Å²) in [6.07, 6.45) is 2.62. The van der Waals surface area contributed by atoms with Crippen molar-refractivity contribution in [1.29, 1.82) is 0 Å². The standard InChI is InChI=1S/C15H23N3/c1-15(16,12-7-8-12)11-18-10-9-17(2)13-5-3-4-6-14(13)18/h3-6,12H,7-11,16H2,1-2H3. The van der Waals surface area contributed by atoms with Gasteiger partial charge in [0.2, 0.25) is 0 Å². The van der Waals surface area contributed by atoms with Gasteiger partial charge in [-0.15, -0.1) is 0 Å². The molecule has 1 aliphatic heterocycles. The Balaban J connectivity index is 1.83. The van der Waals surface area contributed by atoms with E-state index in [1.807, 2.05) is 0 Å². The van der Waals surface area contributed by atoms with Crippen molar-refractivity contribution in [2.45, 2.75) is 25.3 Å². The number of rotatable bonds is 3. The molecule has 0 bridgehead atoms. The highest BCUT2D eigenvalue weighted by molar-refractivity contribution is 5.73. The van der Waals surface area contributed by atoms with Gasteiger partial charge in [-0.3, -0.25) is 0 Å². The predicted octanol–water partition coefficient (Wildman–Crippen LogP) is 2.07. The highest BCUT2D eigenvalue weighted by Gasteiger charge is 2.40. The van der Waals surface area contributed by atoms with Crippen LogP contribution in [0, 0.1) is 5.92 Å². The number of likely N-dealkylation sites (N-methyl/N-ethyl adjacent to an activating group) is 1. The number of benzene rings is 1. The fraction of sp³-hybridized carbons (Fsp3) is 0.600. The van der Waals surface area contributed by atoms with Crippen molar-refractivity contribution >= 4 is 11.4 Å². The van der Waals surface area contributed by atoms with Crippen LogP contribution >= 0.6 is 0 Å². The number of anilines is 2. The quantitative estimate of drug-likeness (QED) is 0.885. The SMILES string of the molecule is CN1CCN(CC(C)(N)C2CC2)c2ccccc21. The Morgan fingerprint density at radius 1 is 1.22 bits per heavy atom. The van der Waals surface area contributed by atoms with E-state index in [-0.39, 0.29) is 5.54 Å². The molecule has 0 amide bonds. The zero-order valence-electron chi connectivity index (χ0n) is 11.4. The average Bonchev–Trinajstić information content (AvgIpc) is 3.17. The zero-order valence-corrected chi connectivity index (χ0v) is 11.4. The Morgan fingerprint density at radius 2 is 1.89 bits per heavy atom. The van der Waals surface area contributed by atoms with Gasteiger partial charge >= 0.3 is 0 Å².